The first kappa shape index (κ1) is 16.2. The maximum Gasteiger partial charge on any atom is 0.269 e. The van der Waals surface area contributed by atoms with E-state index >= 15 is 0 Å². The predicted octanol–water partition coefficient (Wildman–Crippen LogP) is 2.93. The topological polar surface area (TPSA) is 64.0 Å². The number of carbonyl (C=O) groups excluding carboxylic acids is 1. The second kappa shape index (κ2) is 6.84. The van der Waals surface area contributed by atoms with Gasteiger partial charge in [0, 0.05) is 5.02 Å². The van der Waals surface area contributed by atoms with E-state index in [0.29, 0.717) is 16.1 Å². The van der Waals surface area contributed by atoms with Crippen molar-refractivity contribution in [3.8, 4) is 0 Å². The second-order valence-electron chi connectivity index (χ2n) is 5.51. The Morgan fingerprint density at radius 1 is 1.21 bits per heavy atom. The lowest BCUT2D eigenvalue weighted by Gasteiger charge is -2.15. The van der Waals surface area contributed by atoms with Gasteiger partial charge in [-0.15, -0.1) is 0 Å². The number of hydrogen-bond acceptors (Lipinski definition) is 3. The normalized spacial score (nSPS) is 12.1. The number of amides is 1. The number of nitrogens with one attached hydrogen (secondary N) is 1. The number of para-hydroxylation sites is 2. The monoisotopic (exact) mass is 341 g/mol. The highest BCUT2D eigenvalue weighted by Crippen LogP contribution is 2.16. The molecule has 0 saturated carbocycles. The molecule has 0 spiro atoms. The number of rotatable bonds is 4. The smallest absolute Gasteiger partial charge is 0.269 e. The molecule has 1 N–H and O–H groups in total. The molecule has 1 unspecified atom stereocenters. The number of nitrogens with zero attached hydrogens (tertiary/aromatic N) is 2. The largest absolute Gasteiger partial charge is 0.348 e. The number of halogens is 1. The zero-order valence-electron chi connectivity index (χ0n) is 13.1. The molecule has 1 heterocycles. The lowest BCUT2D eigenvalue weighted by molar-refractivity contribution is -0.122. The van der Waals surface area contributed by atoms with Crippen LogP contribution in [0, 0.1) is 0 Å². The zero-order chi connectivity index (χ0) is 17.1. The Kier molecular flexibility index (Phi) is 4.62. The Morgan fingerprint density at radius 2 is 1.92 bits per heavy atom. The first-order valence-electron chi connectivity index (χ1n) is 7.54. The summed E-state index contributed by atoms with van der Waals surface area (Å²) in [5, 5.41) is 3.54. The summed E-state index contributed by atoms with van der Waals surface area (Å²) in [6, 6.07) is 14.3. The van der Waals surface area contributed by atoms with Crippen molar-refractivity contribution < 1.29 is 4.79 Å². The highest BCUT2D eigenvalue weighted by atomic mass is 35.5. The average Bonchev–Trinajstić information content (AvgIpc) is 2.58. The van der Waals surface area contributed by atoms with Crippen molar-refractivity contribution in [3.63, 3.8) is 0 Å². The van der Waals surface area contributed by atoms with Gasteiger partial charge in [0.1, 0.15) is 6.54 Å². The van der Waals surface area contributed by atoms with Crippen LogP contribution >= 0.6 is 11.6 Å². The molecule has 2 aromatic carbocycles. The van der Waals surface area contributed by atoms with Crippen molar-refractivity contribution >= 4 is 28.5 Å². The van der Waals surface area contributed by atoms with Gasteiger partial charge in [0.2, 0.25) is 5.91 Å². The fourth-order valence-electron chi connectivity index (χ4n) is 2.54. The molecule has 6 heteroatoms. The molecule has 0 saturated heterocycles. The van der Waals surface area contributed by atoms with Gasteiger partial charge in [-0.05, 0) is 36.8 Å². The third-order valence-corrected chi connectivity index (χ3v) is 4.05. The van der Waals surface area contributed by atoms with Gasteiger partial charge in [-0.2, -0.15) is 0 Å². The summed E-state index contributed by atoms with van der Waals surface area (Å²) >= 11 is 5.87. The van der Waals surface area contributed by atoms with Crippen LogP contribution < -0.4 is 10.9 Å². The predicted molar refractivity (Wildman–Crippen MR) is 94.0 cm³/mol. The van der Waals surface area contributed by atoms with E-state index in [1.54, 1.807) is 24.3 Å². The third-order valence-electron chi connectivity index (χ3n) is 3.80. The lowest BCUT2D eigenvalue weighted by atomic mass is 10.1. The summed E-state index contributed by atoms with van der Waals surface area (Å²) in [7, 11) is 0. The molecule has 5 nitrogen and oxygen atoms in total. The van der Waals surface area contributed by atoms with Crippen LogP contribution in [0.3, 0.4) is 0 Å². The summed E-state index contributed by atoms with van der Waals surface area (Å²) < 4.78 is 1.42. The molecule has 3 aromatic rings. The van der Waals surface area contributed by atoms with E-state index in [0.717, 1.165) is 5.56 Å². The van der Waals surface area contributed by atoms with Crippen LogP contribution in [0.25, 0.3) is 11.0 Å². The maximum absolute atomic E-state index is 12.3. The Balaban J connectivity index is 1.79. The van der Waals surface area contributed by atoms with Crippen molar-refractivity contribution in [3.05, 3.63) is 75.7 Å². The van der Waals surface area contributed by atoms with E-state index in [1.165, 1.54) is 10.8 Å². The molecule has 3 rings (SSSR count). The minimum atomic E-state index is -0.303. The quantitative estimate of drug-likeness (QED) is 0.793. The molecule has 122 valence electrons. The van der Waals surface area contributed by atoms with Gasteiger partial charge in [-0.3, -0.25) is 14.2 Å². The molecule has 1 atom stereocenters. The van der Waals surface area contributed by atoms with Crippen molar-refractivity contribution in [2.75, 3.05) is 0 Å². The number of benzene rings is 2. The molecule has 0 fully saturated rings. The number of carbonyl (C=O) groups is 1. The summed E-state index contributed by atoms with van der Waals surface area (Å²) in [5.74, 6) is -0.240. The summed E-state index contributed by atoms with van der Waals surface area (Å²) in [6.45, 7) is 1.83. The Morgan fingerprint density at radius 3 is 2.67 bits per heavy atom. The highest BCUT2D eigenvalue weighted by Gasteiger charge is 2.12. The van der Waals surface area contributed by atoms with E-state index in [9.17, 15) is 9.59 Å². The van der Waals surface area contributed by atoms with Gasteiger partial charge in [0.05, 0.1) is 23.3 Å². The van der Waals surface area contributed by atoms with Crippen LogP contribution in [0.5, 0.6) is 0 Å². The molecular formula is C18H16ClN3O2. The Bertz CT molecular complexity index is 935. The van der Waals surface area contributed by atoms with Crippen LogP contribution in [0.2, 0.25) is 5.02 Å². The van der Waals surface area contributed by atoms with Gasteiger partial charge >= 0.3 is 0 Å². The standard InChI is InChI=1S/C18H16ClN3O2/c1-12(13-6-8-14(19)9-7-13)21-17(23)11-22-16-5-3-2-4-15(16)20-10-18(22)24/h2-10,12H,11H2,1H3,(H,21,23). The van der Waals surface area contributed by atoms with Gasteiger partial charge in [-0.25, -0.2) is 4.98 Å². The van der Waals surface area contributed by atoms with E-state index in [1.807, 2.05) is 31.2 Å². The van der Waals surface area contributed by atoms with Crippen molar-refractivity contribution in [1.82, 2.24) is 14.9 Å². The number of hydrogen-bond donors (Lipinski definition) is 1. The molecule has 0 aliphatic heterocycles. The molecule has 1 amide bonds. The minimum Gasteiger partial charge on any atom is -0.348 e. The lowest BCUT2D eigenvalue weighted by Crippen LogP contribution is -2.34. The summed E-state index contributed by atoms with van der Waals surface area (Å²) in [4.78, 5) is 28.5. The molecule has 0 aliphatic carbocycles. The van der Waals surface area contributed by atoms with Gasteiger partial charge in [-0.1, -0.05) is 35.9 Å². The maximum atomic E-state index is 12.3. The van der Waals surface area contributed by atoms with Gasteiger partial charge in [0.15, 0.2) is 0 Å². The number of aromatic nitrogens is 2. The van der Waals surface area contributed by atoms with Crippen molar-refractivity contribution in [2.24, 2.45) is 0 Å². The SMILES string of the molecule is CC(NC(=O)Cn1c(=O)cnc2ccccc21)c1ccc(Cl)cc1. The molecule has 0 bridgehead atoms. The Labute approximate surface area is 143 Å². The minimum absolute atomic E-state index is 0.0558. The fraction of sp³-hybridized carbons (Fsp3) is 0.167. The fourth-order valence-corrected chi connectivity index (χ4v) is 2.67. The molecule has 0 aliphatic rings. The Hall–Kier alpha value is -2.66. The summed E-state index contributed by atoms with van der Waals surface area (Å²) in [6.07, 6.45) is 1.23. The van der Waals surface area contributed by atoms with Gasteiger partial charge in [0.25, 0.3) is 5.56 Å². The molecule has 1 aromatic heterocycles. The first-order valence-corrected chi connectivity index (χ1v) is 7.92. The van der Waals surface area contributed by atoms with Crippen LogP contribution in [-0.4, -0.2) is 15.5 Å². The van der Waals surface area contributed by atoms with Crippen LogP contribution in [0.4, 0.5) is 0 Å². The van der Waals surface area contributed by atoms with Gasteiger partial charge < -0.3 is 5.32 Å². The molecule has 24 heavy (non-hydrogen) atoms. The van der Waals surface area contributed by atoms with Crippen molar-refractivity contribution in [1.29, 1.82) is 0 Å². The van der Waals surface area contributed by atoms with Crippen LogP contribution in [-0.2, 0) is 11.3 Å². The third kappa shape index (κ3) is 3.46. The van der Waals surface area contributed by atoms with E-state index < -0.39 is 0 Å². The highest BCUT2D eigenvalue weighted by molar-refractivity contribution is 6.30. The van der Waals surface area contributed by atoms with Crippen LogP contribution in [0.1, 0.15) is 18.5 Å². The average molecular weight is 342 g/mol. The molecule has 0 radical (unpaired) electrons. The summed E-state index contributed by atoms with van der Waals surface area (Å²) in [5.41, 5.74) is 1.96. The van der Waals surface area contributed by atoms with E-state index in [-0.39, 0.29) is 24.1 Å². The van der Waals surface area contributed by atoms with E-state index in [4.69, 9.17) is 11.6 Å². The van der Waals surface area contributed by atoms with Crippen LogP contribution in [0.15, 0.2) is 59.5 Å². The second-order valence-corrected chi connectivity index (χ2v) is 5.95. The zero-order valence-corrected chi connectivity index (χ0v) is 13.8. The van der Waals surface area contributed by atoms with E-state index in [2.05, 4.69) is 10.3 Å². The first-order chi connectivity index (χ1) is 11.5. The molecular weight excluding hydrogens is 326 g/mol. The number of fused-ring (bicyclic) bond motifs is 1. The van der Waals surface area contributed by atoms with Crippen molar-refractivity contribution in [2.45, 2.75) is 19.5 Å².